The summed E-state index contributed by atoms with van der Waals surface area (Å²) in [4.78, 5) is 23.5. The van der Waals surface area contributed by atoms with E-state index in [-0.39, 0.29) is 11.2 Å². The van der Waals surface area contributed by atoms with Crippen molar-refractivity contribution in [1.29, 1.82) is 0 Å². The number of benzene rings is 1. The van der Waals surface area contributed by atoms with Crippen molar-refractivity contribution in [2.75, 3.05) is 11.6 Å². The molecule has 0 saturated carbocycles. The number of nitrogens with one attached hydrogen (secondary N) is 1. The van der Waals surface area contributed by atoms with Gasteiger partial charge in [-0.05, 0) is 42.0 Å². The summed E-state index contributed by atoms with van der Waals surface area (Å²) in [5.74, 6) is 0.0186. The van der Waals surface area contributed by atoms with E-state index in [4.69, 9.17) is 0 Å². The molecule has 1 aromatic rings. The minimum atomic E-state index is -0.275. The fourth-order valence-corrected chi connectivity index (χ4v) is 2.15. The summed E-state index contributed by atoms with van der Waals surface area (Å²) in [5, 5.41) is 3.06. The van der Waals surface area contributed by atoms with Gasteiger partial charge in [0.1, 0.15) is 6.29 Å². The highest BCUT2D eigenvalue weighted by atomic mass is 32.2. The highest BCUT2D eigenvalue weighted by Gasteiger charge is 2.19. The van der Waals surface area contributed by atoms with Crippen LogP contribution in [0.25, 0.3) is 0 Å². The van der Waals surface area contributed by atoms with Crippen LogP contribution >= 0.6 is 11.8 Å². The van der Waals surface area contributed by atoms with Gasteiger partial charge in [-0.1, -0.05) is 13.8 Å². The molecular formula is C16H21NO2S. The van der Waals surface area contributed by atoms with Crippen LogP contribution < -0.4 is 5.32 Å². The van der Waals surface area contributed by atoms with Crippen molar-refractivity contribution in [3.63, 3.8) is 0 Å². The Kier molecular flexibility index (Phi) is 6.52. The SMILES string of the molecule is CSc1ccc(N/C=C/C(=O)CC(C)(C)CC=O)cc1. The summed E-state index contributed by atoms with van der Waals surface area (Å²) >= 11 is 1.69. The van der Waals surface area contributed by atoms with Gasteiger partial charge in [-0.25, -0.2) is 0 Å². The second kappa shape index (κ2) is 7.90. The highest BCUT2D eigenvalue weighted by molar-refractivity contribution is 7.98. The number of hydrogen-bond donors (Lipinski definition) is 1. The maximum atomic E-state index is 11.8. The second-order valence-corrected chi connectivity index (χ2v) is 6.26. The van der Waals surface area contributed by atoms with Crippen molar-refractivity contribution in [2.24, 2.45) is 5.41 Å². The van der Waals surface area contributed by atoms with Gasteiger partial charge in [-0.2, -0.15) is 0 Å². The Balaban J connectivity index is 2.47. The van der Waals surface area contributed by atoms with Crippen molar-refractivity contribution in [3.05, 3.63) is 36.5 Å². The van der Waals surface area contributed by atoms with Crippen LogP contribution in [0.3, 0.4) is 0 Å². The van der Waals surface area contributed by atoms with Gasteiger partial charge in [0.25, 0.3) is 0 Å². The number of ketones is 1. The Morgan fingerprint density at radius 1 is 1.30 bits per heavy atom. The third-order valence-electron chi connectivity index (χ3n) is 2.90. The lowest BCUT2D eigenvalue weighted by atomic mass is 9.84. The van der Waals surface area contributed by atoms with Crippen LogP contribution in [0, 0.1) is 5.41 Å². The highest BCUT2D eigenvalue weighted by Crippen LogP contribution is 2.24. The van der Waals surface area contributed by atoms with E-state index in [1.165, 1.54) is 11.0 Å². The summed E-state index contributed by atoms with van der Waals surface area (Å²) in [5.41, 5.74) is 0.669. The maximum Gasteiger partial charge on any atom is 0.157 e. The smallest absolute Gasteiger partial charge is 0.157 e. The van der Waals surface area contributed by atoms with Gasteiger partial charge in [-0.15, -0.1) is 11.8 Å². The predicted molar refractivity (Wildman–Crippen MR) is 85.1 cm³/mol. The molecule has 1 N–H and O–H groups in total. The van der Waals surface area contributed by atoms with Gasteiger partial charge in [0.15, 0.2) is 5.78 Å². The Hall–Kier alpha value is -1.55. The van der Waals surface area contributed by atoms with Gasteiger partial charge >= 0.3 is 0 Å². The predicted octanol–water partition coefficient (Wildman–Crippen LogP) is 3.91. The van der Waals surface area contributed by atoms with E-state index in [1.54, 1.807) is 18.0 Å². The third kappa shape index (κ3) is 6.06. The molecule has 1 rings (SSSR count). The monoisotopic (exact) mass is 291 g/mol. The average Bonchev–Trinajstić information content (AvgIpc) is 2.38. The van der Waals surface area contributed by atoms with Crippen molar-refractivity contribution >= 4 is 29.5 Å². The minimum Gasteiger partial charge on any atom is -0.362 e. The summed E-state index contributed by atoms with van der Waals surface area (Å²) in [7, 11) is 0. The van der Waals surface area contributed by atoms with Gasteiger partial charge in [0, 0.05) is 29.6 Å². The largest absolute Gasteiger partial charge is 0.362 e. The van der Waals surface area contributed by atoms with Crippen molar-refractivity contribution in [1.82, 2.24) is 0 Å². The van der Waals surface area contributed by atoms with Crippen LogP contribution in [-0.4, -0.2) is 18.3 Å². The lowest BCUT2D eigenvalue weighted by Crippen LogP contribution is -2.16. The summed E-state index contributed by atoms with van der Waals surface area (Å²) in [6.07, 6.45) is 6.83. The molecule has 0 spiro atoms. The second-order valence-electron chi connectivity index (χ2n) is 5.38. The fourth-order valence-electron chi connectivity index (χ4n) is 1.75. The Bertz CT molecular complexity index is 478. The van der Waals surface area contributed by atoms with E-state index in [0.29, 0.717) is 12.8 Å². The number of hydrogen-bond acceptors (Lipinski definition) is 4. The number of allylic oxidation sites excluding steroid dienone is 1. The first kappa shape index (κ1) is 16.5. The lowest BCUT2D eigenvalue weighted by molar-refractivity contribution is -0.117. The van der Waals surface area contributed by atoms with Crippen molar-refractivity contribution in [2.45, 2.75) is 31.6 Å². The number of aldehydes is 1. The molecule has 0 aliphatic heterocycles. The topological polar surface area (TPSA) is 46.2 Å². The molecule has 0 saturated heterocycles. The molecule has 0 unspecified atom stereocenters. The van der Waals surface area contributed by atoms with Crippen LogP contribution in [0.15, 0.2) is 41.4 Å². The van der Waals surface area contributed by atoms with Crippen LogP contribution in [-0.2, 0) is 9.59 Å². The zero-order chi connectivity index (χ0) is 15.0. The number of carbonyl (C=O) groups excluding carboxylic acids is 2. The lowest BCUT2D eigenvalue weighted by Gasteiger charge is -2.19. The van der Waals surface area contributed by atoms with Crippen LogP contribution in [0.1, 0.15) is 26.7 Å². The first-order valence-electron chi connectivity index (χ1n) is 6.50. The summed E-state index contributed by atoms with van der Waals surface area (Å²) in [6, 6.07) is 7.99. The Morgan fingerprint density at radius 2 is 1.95 bits per heavy atom. The molecule has 3 nitrogen and oxygen atoms in total. The van der Waals surface area contributed by atoms with E-state index in [1.807, 2.05) is 44.4 Å². The molecule has 0 bridgehead atoms. The number of thioether (sulfide) groups is 1. The molecule has 0 aliphatic carbocycles. The van der Waals surface area contributed by atoms with Gasteiger partial charge in [0.2, 0.25) is 0 Å². The number of anilines is 1. The number of carbonyl (C=O) groups is 2. The molecule has 0 radical (unpaired) electrons. The van der Waals surface area contributed by atoms with Gasteiger partial charge in [-0.3, -0.25) is 4.79 Å². The molecule has 0 atom stereocenters. The van der Waals surface area contributed by atoms with Crippen LogP contribution in [0.2, 0.25) is 0 Å². The normalized spacial score (nSPS) is 11.6. The summed E-state index contributed by atoms with van der Waals surface area (Å²) < 4.78 is 0. The molecule has 108 valence electrons. The molecular weight excluding hydrogens is 270 g/mol. The number of rotatable bonds is 8. The molecule has 0 heterocycles. The average molecular weight is 291 g/mol. The summed E-state index contributed by atoms with van der Waals surface area (Å²) in [6.45, 7) is 3.84. The molecule has 1 aromatic carbocycles. The van der Waals surface area contributed by atoms with Gasteiger partial charge < -0.3 is 10.1 Å². The maximum absolute atomic E-state index is 11.8. The van der Waals surface area contributed by atoms with Crippen LogP contribution in [0.4, 0.5) is 5.69 Å². The van der Waals surface area contributed by atoms with E-state index >= 15 is 0 Å². The van der Waals surface area contributed by atoms with E-state index in [9.17, 15) is 9.59 Å². The Morgan fingerprint density at radius 3 is 2.50 bits per heavy atom. The van der Waals surface area contributed by atoms with Crippen LogP contribution in [0.5, 0.6) is 0 Å². The zero-order valence-electron chi connectivity index (χ0n) is 12.2. The quantitative estimate of drug-likeness (QED) is 0.448. The van der Waals surface area contributed by atoms with Gasteiger partial charge in [0.05, 0.1) is 0 Å². The molecule has 0 aromatic heterocycles. The van der Waals surface area contributed by atoms with Crippen molar-refractivity contribution < 1.29 is 9.59 Å². The van der Waals surface area contributed by atoms with Crippen molar-refractivity contribution in [3.8, 4) is 0 Å². The van der Waals surface area contributed by atoms with E-state index in [2.05, 4.69) is 5.32 Å². The standard InChI is InChI=1S/C16H21NO2S/c1-16(2,9-11-18)12-14(19)8-10-17-13-4-6-15(20-3)7-5-13/h4-8,10-11,17H,9,12H2,1-3H3/b10-8+. The molecule has 0 fully saturated rings. The molecule has 0 aliphatic rings. The van der Waals surface area contributed by atoms with E-state index in [0.717, 1.165) is 12.0 Å². The molecule has 4 heteroatoms. The third-order valence-corrected chi connectivity index (χ3v) is 3.64. The molecule has 0 amide bonds. The van der Waals surface area contributed by atoms with E-state index < -0.39 is 0 Å². The first-order valence-corrected chi connectivity index (χ1v) is 7.73. The minimum absolute atomic E-state index is 0.0186. The Labute approximate surface area is 124 Å². The fraction of sp³-hybridized carbons (Fsp3) is 0.375. The zero-order valence-corrected chi connectivity index (χ0v) is 13.0. The first-order chi connectivity index (χ1) is 9.46. The molecule has 20 heavy (non-hydrogen) atoms.